The van der Waals surface area contributed by atoms with Crippen LogP contribution in [0, 0.1) is 0 Å². The van der Waals surface area contributed by atoms with Gasteiger partial charge >= 0.3 is 19.5 Å². The van der Waals surface area contributed by atoms with E-state index in [0.717, 1.165) is 17.8 Å². The van der Waals surface area contributed by atoms with Crippen molar-refractivity contribution in [2.75, 3.05) is 5.32 Å². The van der Waals surface area contributed by atoms with E-state index in [-0.39, 0.29) is 44.3 Å². The number of anilines is 1. The number of rotatable bonds is 5. The topological polar surface area (TPSA) is 48.4 Å². The number of halogens is 2. The molecule has 0 aromatic heterocycles. The van der Waals surface area contributed by atoms with Crippen LogP contribution in [-0.4, -0.2) is 11.0 Å². The van der Waals surface area contributed by atoms with Gasteiger partial charge in [0.05, 0.1) is 6.42 Å². The third-order valence-electron chi connectivity index (χ3n) is 2.70. The summed E-state index contributed by atoms with van der Waals surface area (Å²) in [6.07, 6.45) is 2.13. The molecule has 2 aromatic rings. The molecular formula is C15H15Cl2N3Zn. The molecule has 0 unspecified atom stereocenters. The van der Waals surface area contributed by atoms with E-state index in [1.807, 2.05) is 42.5 Å². The Bertz CT molecular complexity index is 541. The Kier molecular flexibility index (Phi) is 13.2. The second-order valence-electron chi connectivity index (χ2n) is 4.04. The Morgan fingerprint density at radius 1 is 0.905 bits per heavy atom. The summed E-state index contributed by atoms with van der Waals surface area (Å²) < 4.78 is 0. The molecule has 1 N–H and O–H groups in total. The third-order valence-corrected chi connectivity index (χ3v) is 2.70. The van der Waals surface area contributed by atoms with Crippen molar-refractivity contribution in [3.63, 3.8) is 0 Å². The van der Waals surface area contributed by atoms with Crippen LogP contribution in [0.25, 0.3) is 5.53 Å². The smallest absolute Gasteiger partial charge is 1.00 e. The maximum Gasteiger partial charge on any atom is 2.00 e. The zero-order chi connectivity index (χ0) is 12.6. The quantitative estimate of drug-likeness (QED) is 0.261. The van der Waals surface area contributed by atoms with E-state index in [2.05, 4.69) is 22.2 Å². The summed E-state index contributed by atoms with van der Waals surface area (Å²) in [5, 5.41) is 3.36. The number of hydrogen-bond donors (Lipinski definition) is 1. The molecule has 0 saturated heterocycles. The van der Waals surface area contributed by atoms with E-state index in [4.69, 9.17) is 5.53 Å². The molecule has 0 aliphatic carbocycles. The predicted octanol–water partition coefficient (Wildman–Crippen LogP) is -2.85. The van der Waals surface area contributed by atoms with Gasteiger partial charge in [0.1, 0.15) is 0 Å². The van der Waals surface area contributed by atoms with Gasteiger partial charge in [-0.05, 0) is 23.3 Å². The molecular weight excluding hydrogens is 358 g/mol. The standard InChI is InChI=1S/C15H15N3.2ClH.Zn/c16-18-11-10-13-6-8-15(9-7-13)17-12-14-4-2-1-3-5-14;;;/h1-9,11,17H,10,12H2;2*1H;/q;;;+2/p-2. The maximum absolute atomic E-state index is 8.35. The molecule has 0 heterocycles. The molecule has 106 valence electrons. The van der Waals surface area contributed by atoms with E-state index in [0.29, 0.717) is 6.42 Å². The van der Waals surface area contributed by atoms with Crippen LogP contribution in [-0.2, 0) is 32.4 Å². The normalized spacial score (nSPS) is 8.19. The maximum atomic E-state index is 8.35. The fraction of sp³-hybridized carbons (Fsp3) is 0.133. The van der Waals surface area contributed by atoms with Crippen molar-refractivity contribution in [1.29, 1.82) is 0 Å². The Morgan fingerprint density at radius 3 is 2.10 bits per heavy atom. The molecule has 2 rings (SSSR count). The van der Waals surface area contributed by atoms with Gasteiger partial charge in [-0.25, -0.2) is 0 Å². The van der Waals surface area contributed by atoms with Gasteiger partial charge in [0, 0.05) is 12.2 Å². The minimum Gasteiger partial charge on any atom is -1.00 e. The molecule has 0 bridgehead atoms. The first-order valence-corrected chi connectivity index (χ1v) is 5.91. The summed E-state index contributed by atoms with van der Waals surface area (Å²) in [6.45, 7) is 0.818. The Balaban J connectivity index is 0. The summed E-state index contributed by atoms with van der Waals surface area (Å²) in [6, 6.07) is 18.4. The molecule has 0 fully saturated rings. The van der Waals surface area contributed by atoms with Crippen LogP contribution in [0.3, 0.4) is 0 Å². The first-order valence-electron chi connectivity index (χ1n) is 5.91. The van der Waals surface area contributed by atoms with Gasteiger partial charge in [-0.1, -0.05) is 42.5 Å². The van der Waals surface area contributed by atoms with Crippen LogP contribution < -0.4 is 30.1 Å². The second kappa shape index (κ2) is 12.6. The number of benzene rings is 2. The summed E-state index contributed by atoms with van der Waals surface area (Å²) in [7, 11) is 0. The summed E-state index contributed by atoms with van der Waals surface area (Å²) in [5.41, 5.74) is 11.8. The molecule has 3 nitrogen and oxygen atoms in total. The fourth-order valence-corrected chi connectivity index (χ4v) is 1.70. The minimum absolute atomic E-state index is 0. The van der Waals surface area contributed by atoms with E-state index >= 15 is 0 Å². The largest absolute Gasteiger partial charge is 2.00 e. The molecule has 0 amide bonds. The van der Waals surface area contributed by atoms with Crippen LogP contribution in [0.15, 0.2) is 54.6 Å². The van der Waals surface area contributed by atoms with Crippen molar-refractivity contribution in [3.8, 4) is 0 Å². The van der Waals surface area contributed by atoms with Gasteiger partial charge in [-0.15, -0.1) is 0 Å². The second-order valence-corrected chi connectivity index (χ2v) is 4.04. The van der Waals surface area contributed by atoms with Gasteiger partial charge in [-0.2, -0.15) is 4.79 Å². The van der Waals surface area contributed by atoms with Crippen LogP contribution >= 0.6 is 0 Å². The van der Waals surface area contributed by atoms with E-state index in [1.54, 1.807) is 0 Å². The molecule has 0 saturated carbocycles. The van der Waals surface area contributed by atoms with E-state index in [1.165, 1.54) is 11.8 Å². The average molecular weight is 374 g/mol. The predicted molar refractivity (Wildman–Crippen MR) is 73.6 cm³/mol. The van der Waals surface area contributed by atoms with Gasteiger partial charge in [0.15, 0.2) is 0 Å². The van der Waals surface area contributed by atoms with Crippen molar-refractivity contribution in [3.05, 3.63) is 71.3 Å². The fourth-order valence-electron chi connectivity index (χ4n) is 1.70. The van der Waals surface area contributed by atoms with Crippen LogP contribution in [0.5, 0.6) is 0 Å². The SMILES string of the molecule is [Cl-].[Cl-].[N-]=[N+]=CCc1ccc(NCc2ccccc2)cc1.[Zn+2]. The number of nitrogens with zero attached hydrogens (tertiary/aromatic N) is 2. The first kappa shape index (κ1) is 22.1. The molecule has 0 spiro atoms. The Hall–Kier alpha value is -1.18. The third kappa shape index (κ3) is 7.99. The minimum atomic E-state index is 0. The molecule has 0 aliphatic heterocycles. The Morgan fingerprint density at radius 2 is 1.52 bits per heavy atom. The van der Waals surface area contributed by atoms with Gasteiger partial charge < -0.3 is 35.7 Å². The van der Waals surface area contributed by atoms with Gasteiger partial charge in [0.25, 0.3) is 6.21 Å². The average Bonchev–Trinajstić information content (AvgIpc) is 2.45. The van der Waals surface area contributed by atoms with Crippen LogP contribution in [0.1, 0.15) is 11.1 Å². The molecule has 0 radical (unpaired) electrons. The first-order chi connectivity index (χ1) is 8.88. The zero-order valence-electron chi connectivity index (χ0n) is 11.5. The van der Waals surface area contributed by atoms with Crippen molar-refractivity contribution >= 4 is 11.9 Å². The number of hydrogen-bond acceptors (Lipinski definition) is 1. The van der Waals surface area contributed by atoms with Crippen molar-refractivity contribution in [2.24, 2.45) is 0 Å². The molecule has 6 heteroatoms. The summed E-state index contributed by atoms with van der Waals surface area (Å²) in [5.74, 6) is 0. The molecule has 2 aromatic carbocycles. The van der Waals surface area contributed by atoms with Crippen molar-refractivity contribution in [2.45, 2.75) is 13.0 Å². The molecule has 21 heavy (non-hydrogen) atoms. The van der Waals surface area contributed by atoms with E-state index < -0.39 is 0 Å². The van der Waals surface area contributed by atoms with Crippen molar-refractivity contribution in [1.82, 2.24) is 0 Å². The summed E-state index contributed by atoms with van der Waals surface area (Å²) in [4.78, 5) is 2.99. The van der Waals surface area contributed by atoms with Crippen molar-refractivity contribution < 1.29 is 49.1 Å². The molecule has 0 aliphatic rings. The number of nitrogens with one attached hydrogen (secondary N) is 1. The van der Waals surface area contributed by atoms with Crippen LogP contribution in [0.4, 0.5) is 5.69 Å². The Labute approximate surface area is 150 Å². The van der Waals surface area contributed by atoms with E-state index in [9.17, 15) is 0 Å². The van der Waals surface area contributed by atoms with Gasteiger partial charge in [0.2, 0.25) is 0 Å². The monoisotopic (exact) mass is 371 g/mol. The summed E-state index contributed by atoms with van der Waals surface area (Å²) >= 11 is 0. The zero-order valence-corrected chi connectivity index (χ0v) is 16.0. The molecule has 0 atom stereocenters. The van der Waals surface area contributed by atoms with Crippen LogP contribution in [0.2, 0.25) is 0 Å². The van der Waals surface area contributed by atoms with Gasteiger partial charge in [-0.3, -0.25) is 0 Å².